The molecule has 2 aliphatic carbocycles. The highest BCUT2D eigenvalue weighted by Crippen LogP contribution is 2.49. The molecule has 2 aromatic rings. The number of nitrogens with zero attached hydrogens (tertiary/aromatic N) is 4. The number of hydrogen-bond donors (Lipinski definition) is 1. The number of anilines is 1. The summed E-state index contributed by atoms with van der Waals surface area (Å²) in [6, 6.07) is 11.9. The molecule has 1 N–H and O–H groups in total. The number of carbonyl (C=O) groups excluding carboxylic acids is 2. The van der Waals surface area contributed by atoms with E-state index in [-0.39, 0.29) is 29.2 Å². The van der Waals surface area contributed by atoms with Crippen LogP contribution in [-0.2, 0) is 31.4 Å². The summed E-state index contributed by atoms with van der Waals surface area (Å²) in [7, 11) is -2.15. The maximum Gasteiger partial charge on any atom is 0.264 e. The fraction of sp³-hybridized carbons (Fsp3) is 0.628. The molecular weight excluding hydrogens is 750 g/mol. The molecule has 6 aliphatic rings. The fourth-order valence-electron chi connectivity index (χ4n) is 10.6. The molecule has 2 amide bonds. The predicted octanol–water partition coefficient (Wildman–Crippen LogP) is 5.12. The molecule has 2 bridgehead atoms. The number of halogens is 1. The molecule has 2 saturated heterocycles. The molecule has 2 aromatic carbocycles. The van der Waals surface area contributed by atoms with Gasteiger partial charge in [-0.05, 0) is 105 Å². The normalized spacial score (nSPS) is 34.2. The minimum atomic E-state index is -3.99. The maximum absolute atomic E-state index is 13.7. The molecule has 0 aromatic heterocycles. The van der Waals surface area contributed by atoms with Crippen molar-refractivity contribution in [1.82, 2.24) is 19.4 Å². The molecule has 7 atom stereocenters. The van der Waals surface area contributed by atoms with Crippen molar-refractivity contribution < 1.29 is 27.5 Å². The number of fused-ring (bicyclic) bond motifs is 5. The van der Waals surface area contributed by atoms with Crippen molar-refractivity contribution in [1.29, 1.82) is 0 Å². The number of sulfonamides is 1. The average Bonchev–Trinajstić information content (AvgIpc) is 3.31. The minimum absolute atomic E-state index is 0.132. The van der Waals surface area contributed by atoms with E-state index < -0.39 is 26.8 Å². The second-order valence-corrected chi connectivity index (χ2v) is 20.1. The molecule has 13 heteroatoms. The Labute approximate surface area is 337 Å². The van der Waals surface area contributed by atoms with Crippen LogP contribution in [0.15, 0.2) is 48.6 Å². The van der Waals surface area contributed by atoms with Crippen molar-refractivity contribution in [2.24, 2.45) is 17.8 Å². The molecule has 11 nitrogen and oxygen atoms in total. The Kier molecular flexibility index (Phi) is 11.0. The average molecular weight is 808 g/mol. The molecule has 304 valence electrons. The Balaban J connectivity index is 1.17. The molecular formula is C43H58ClN5O6S. The summed E-state index contributed by atoms with van der Waals surface area (Å²) >= 11 is 6.52. The summed E-state index contributed by atoms with van der Waals surface area (Å²) in [5, 5.41) is -0.0679. The van der Waals surface area contributed by atoms with Gasteiger partial charge in [-0.1, -0.05) is 36.7 Å². The van der Waals surface area contributed by atoms with Gasteiger partial charge in [-0.25, -0.2) is 13.1 Å². The lowest BCUT2D eigenvalue weighted by molar-refractivity contribution is -0.134. The number of carbonyl (C=O) groups is 2. The number of hydrogen-bond acceptors (Lipinski definition) is 9. The van der Waals surface area contributed by atoms with Crippen LogP contribution in [0.1, 0.15) is 74.4 Å². The molecule has 4 aliphatic heterocycles. The number of benzene rings is 2. The number of allylic oxidation sites excluding steroid dienone is 1. The van der Waals surface area contributed by atoms with Gasteiger partial charge < -0.3 is 19.3 Å². The van der Waals surface area contributed by atoms with Gasteiger partial charge in [0.25, 0.3) is 5.91 Å². The lowest BCUT2D eigenvalue weighted by Crippen LogP contribution is -2.65. The van der Waals surface area contributed by atoms with Crippen LogP contribution in [0.3, 0.4) is 0 Å². The van der Waals surface area contributed by atoms with Gasteiger partial charge in [0.15, 0.2) is 0 Å². The number of nitrogens with one attached hydrogen (secondary N) is 1. The van der Waals surface area contributed by atoms with E-state index in [4.69, 9.17) is 21.1 Å². The fourth-order valence-corrected chi connectivity index (χ4v) is 12.1. The Morgan fingerprint density at radius 3 is 2.64 bits per heavy atom. The summed E-state index contributed by atoms with van der Waals surface area (Å²) in [4.78, 5) is 35.5. The zero-order chi connectivity index (χ0) is 39.4. The lowest BCUT2D eigenvalue weighted by Gasteiger charge is -2.53. The lowest BCUT2D eigenvalue weighted by atomic mass is 9.63. The number of ether oxygens (including phenoxy) is 2. The zero-order valence-electron chi connectivity index (χ0n) is 33.3. The molecule has 56 heavy (non-hydrogen) atoms. The van der Waals surface area contributed by atoms with Gasteiger partial charge in [0.1, 0.15) is 11.4 Å². The van der Waals surface area contributed by atoms with E-state index >= 15 is 0 Å². The van der Waals surface area contributed by atoms with Crippen LogP contribution in [0, 0.1) is 17.8 Å². The first-order valence-electron chi connectivity index (χ1n) is 20.6. The first-order valence-corrected chi connectivity index (χ1v) is 22.5. The third-order valence-corrected chi connectivity index (χ3v) is 16.5. The van der Waals surface area contributed by atoms with E-state index in [9.17, 15) is 18.0 Å². The summed E-state index contributed by atoms with van der Waals surface area (Å²) in [6.07, 6.45) is 9.89. The summed E-state index contributed by atoms with van der Waals surface area (Å²) in [5.41, 5.74) is 2.74. The summed E-state index contributed by atoms with van der Waals surface area (Å²) in [6.45, 7) is 13.1. The Morgan fingerprint density at radius 2 is 1.88 bits per heavy atom. The van der Waals surface area contributed by atoms with Crippen LogP contribution < -0.4 is 14.4 Å². The number of piperazine rings is 2. The monoisotopic (exact) mass is 807 g/mol. The molecule has 0 unspecified atom stereocenters. The van der Waals surface area contributed by atoms with Crippen molar-refractivity contribution in [3.63, 3.8) is 0 Å². The standard InChI is InChI=1S/C43H58ClN5O6S/c1-29-7-5-16-43(54-4,27-46-17-18-47-19-20-48(31(3)50)25-36(47)24-46)38-12-9-34(38)23-49-26-42(15-6-8-32-21-35(44)11-13-37(32)42)28-55-40-14-10-33(22-39(40)49)41(51)45-56(52,53)30(29)2/h5,10-11,13-14,16,21-22,29-30,34,36,38H,6-9,12,15,17-20,23-28H2,1-4H3,(H,45,51)/b16-5+/t29-,30+,34-,36-,38+,42-,43-/m0/s1. The van der Waals surface area contributed by atoms with Gasteiger partial charge in [0.05, 0.1) is 17.5 Å². The van der Waals surface area contributed by atoms with E-state index in [1.807, 2.05) is 37.1 Å². The van der Waals surface area contributed by atoms with Crippen LogP contribution in [0.25, 0.3) is 0 Å². The van der Waals surface area contributed by atoms with Gasteiger partial charge in [-0.2, -0.15) is 0 Å². The van der Waals surface area contributed by atoms with Gasteiger partial charge in [-0.3, -0.25) is 19.4 Å². The van der Waals surface area contributed by atoms with Crippen LogP contribution in [0.2, 0.25) is 5.02 Å². The van der Waals surface area contributed by atoms with Crippen LogP contribution in [0.5, 0.6) is 5.75 Å². The first-order chi connectivity index (χ1) is 26.8. The van der Waals surface area contributed by atoms with Gasteiger partial charge >= 0.3 is 0 Å². The number of rotatable bonds is 3. The van der Waals surface area contributed by atoms with Crippen molar-refractivity contribution in [2.75, 3.05) is 77.5 Å². The van der Waals surface area contributed by atoms with Crippen molar-refractivity contribution in [3.8, 4) is 5.75 Å². The van der Waals surface area contributed by atoms with E-state index in [0.717, 1.165) is 88.6 Å². The van der Waals surface area contributed by atoms with Gasteiger partial charge in [0.2, 0.25) is 15.9 Å². The maximum atomic E-state index is 13.7. The quantitative estimate of drug-likeness (QED) is 0.423. The Bertz CT molecular complexity index is 1980. The SMILES string of the molecule is CO[C@]1(CN2CCN3CCN(C(C)=O)C[C@@H]3C2)/C=C/C[C@H](C)[C@@H](C)S(=O)(=O)NC(=O)c2ccc3c(c2)N(C[C@@H]2CC[C@H]21)C[C@@]1(CCCc2cc(Cl)ccc21)CO3. The highest BCUT2D eigenvalue weighted by molar-refractivity contribution is 7.90. The van der Waals surface area contributed by atoms with Crippen LogP contribution >= 0.6 is 11.6 Å². The van der Waals surface area contributed by atoms with Crippen molar-refractivity contribution in [2.45, 2.75) is 81.6 Å². The Hall–Kier alpha value is -3.16. The highest BCUT2D eigenvalue weighted by Gasteiger charge is 2.50. The number of amides is 2. The highest BCUT2D eigenvalue weighted by atomic mass is 35.5. The van der Waals surface area contributed by atoms with E-state index in [2.05, 4.69) is 43.7 Å². The molecule has 8 rings (SSSR count). The molecule has 4 heterocycles. The summed E-state index contributed by atoms with van der Waals surface area (Å²) in [5.74, 6) is 0.452. The molecule has 3 fully saturated rings. The summed E-state index contributed by atoms with van der Waals surface area (Å²) < 4.78 is 43.2. The predicted molar refractivity (Wildman–Crippen MR) is 219 cm³/mol. The van der Waals surface area contributed by atoms with E-state index in [1.165, 1.54) is 11.1 Å². The zero-order valence-corrected chi connectivity index (χ0v) is 34.9. The van der Waals surface area contributed by atoms with E-state index in [1.54, 1.807) is 19.9 Å². The first kappa shape index (κ1) is 39.7. The van der Waals surface area contributed by atoms with Crippen LogP contribution in [-0.4, -0.2) is 124 Å². The molecule has 1 spiro atoms. The Morgan fingerprint density at radius 1 is 1.05 bits per heavy atom. The topological polar surface area (TPSA) is 112 Å². The van der Waals surface area contributed by atoms with Crippen molar-refractivity contribution >= 4 is 39.1 Å². The molecule has 0 radical (unpaired) electrons. The third kappa shape index (κ3) is 7.49. The molecule has 1 saturated carbocycles. The second kappa shape index (κ2) is 15.5. The minimum Gasteiger partial charge on any atom is -0.490 e. The van der Waals surface area contributed by atoms with Crippen LogP contribution in [0.4, 0.5) is 5.69 Å². The third-order valence-electron chi connectivity index (χ3n) is 14.3. The van der Waals surface area contributed by atoms with E-state index in [0.29, 0.717) is 43.3 Å². The van der Waals surface area contributed by atoms with Gasteiger partial charge in [0, 0.05) is 95.0 Å². The smallest absolute Gasteiger partial charge is 0.264 e. The largest absolute Gasteiger partial charge is 0.490 e. The second-order valence-electron chi connectivity index (χ2n) is 17.6. The van der Waals surface area contributed by atoms with Gasteiger partial charge in [-0.15, -0.1) is 0 Å². The number of methoxy groups -OCH3 is 1. The van der Waals surface area contributed by atoms with Crippen molar-refractivity contribution in [3.05, 3.63) is 70.3 Å². The number of aryl methyl sites for hydroxylation is 1.